The average Bonchev–Trinajstić information content (AvgIpc) is 3.35. The van der Waals surface area contributed by atoms with Gasteiger partial charge < -0.3 is 9.47 Å². The molecule has 0 bridgehead atoms. The van der Waals surface area contributed by atoms with E-state index >= 15 is 0 Å². The van der Waals surface area contributed by atoms with Crippen molar-refractivity contribution in [1.82, 2.24) is 14.8 Å². The molecular formula is C25H32N4O2S. The quantitative estimate of drug-likeness (QED) is 0.359. The average molecular weight is 453 g/mol. The molecule has 0 unspecified atom stereocenters. The molecule has 3 heterocycles. The largest absolute Gasteiger partial charge is 0.493 e. The minimum absolute atomic E-state index is 0.499. The molecule has 1 aromatic carbocycles. The number of aromatic nitrogens is 3. The topological polar surface area (TPSA) is 61.5 Å². The molecule has 170 valence electrons. The number of aryl methyl sites for hydroxylation is 2. The lowest BCUT2D eigenvalue weighted by Crippen LogP contribution is -2.06. The van der Waals surface area contributed by atoms with Crippen LogP contribution in [0.2, 0.25) is 0 Å². The summed E-state index contributed by atoms with van der Waals surface area (Å²) in [6.45, 7) is 4.77. The molecule has 0 fully saturated rings. The van der Waals surface area contributed by atoms with Crippen molar-refractivity contribution in [2.24, 2.45) is 4.99 Å². The maximum absolute atomic E-state index is 5.55. The predicted molar refractivity (Wildman–Crippen MR) is 130 cm³/mol. The van der Waals surface area contributed by atoms with Crippen LogP contribution in [-0.2, 0) is 13.0 Å². The van der Waals surface area contributed by atoms with Gasteiger partial charge in [0.2, 0.25) is 0 Å². The first-order chi connectivity index (χ1) is 15.7. The lowest BCUT2D eigenvalue weighted by molar-refractivity contribution is 0.355. The molecule has 0 atom stereocenters. The number of unbranched alkanes of at least 4 members (excludes halogenated alkanes) is 5. The summed E-state index contributed by atoms with van der Waals surface area (Å²) in [5.74, 6) is 3.20. The van der Waals surface area contributed by atoms with Gasteiger partial charge in [-0.25, -0.2) is 0 Å². The van der Waals surface area contributed by atoms with Crippen LogP contribution in [0.1, 0.15) is 73.1 Å². The summed E-state index contributed by atoms with van der Waals surface area (Å²) in [5, 5.41) is 9.86. The summed E-state index contributed by atoms with van der Waals surface area (Å²) in [7, 11) is 3.32. The van der Waals surface area contributed by atoms with Gasteiger partial charge in [-0.05, 0) is 44.0 Å². The van der Waals surface area contributed by atoms with Crippen LogP contribution >= 0.6 is 11.3 Å². The maximum Gasteiger partial charge on any atom is 0.161 e. The molecular weight excluding hydrogens is 420 g/mol. The van der Waals surface area contributed by atoms with E-state index in [9.17, 15) is 0 Å². The van der Waals surface area contributed by atoms with Gasteiger partial charge in [0.1, 0.15) is 17.4 Å². The maximum atomic E-state index is 5.55. The van der Waals surface area contributed by atoms with Gasteiger partial charge in [0.05, 0.1) is 19.9 Å². The molecule has 0 radical (unpaired) electrons. The molecule has 3 aromatic rings. The zero-order valence-electron chi connectivity index (χ0n) is 19.5. The lowest BCUT2D eigenvalue weighted by atomic mass is 10.0. The highest BCUT2D eigenvalue weighted by atomic mass is 32.1. The summed E-state index contributed by atoms with van der Waals surface area (Å²) in [6, 6.07) is 8.31. The number of hydrogen-bond donors (Lipinski definition) is 0. The highest BCUT2D eigenvalue weighted by Gasteiger charge is 2.25. The lowest BCUT2D eigenvalue weighted by Gasteiger charge is -2.11. The zero-order valence-corrected chi connectivity index (χ0v) is 20.3. The van der Waals surface area contributed by atoms with E-state index in [1.807, 2.05) is 36.5 Å². The summed E-state index contributed by atoms with van der Waals surface area (Å²) in [4.78, 5) is 6.36. The van der Waals surface area contributed by atoms with E-state index in [1.165, 1.54) is 43.4 Å². The Morgan fingerprint density at radius 2 is 1.75 bits per heavy atom. The molecule has 4 rings (SSSR count). The molecule has 0 saturated carbocycles. The third-order valence-electron chi connectivity index (χ3n) is 5.93. The van der Waals surface area contributed by atoms with Crippen molar-refractivity contribution in [1.29, 1.82) is 0 Å². The van der Waals surface area contributed by atoms with E-state index in [0.29, 0.717) is 18.0 Å². The molecule has 7 heteroatoms. The van der Waals surface area contributed by atoms with E-state index < -0.39 is 0 Å². The van der Waals surface area contributed by atoms with Crippen LogP contribution in [0, 0.1) is 6.92 Å². The van der Waals surface area contributed by atoms with Gasteiger partial charge in [-0.15, -0.1) is 21.5 Å². The van der Waals surface area contributed by atoms with Crippen LogP contribution < -0.4 is 9.47 Å². The van der Waals surface area contributed by atoms with Crippen molar-refractivity contribution in [2.75, 3.05) is 14.2 Å². The Balaban J connectivity index is 1.66. The van der Waals surface area contributed by atoms with E-state index in [2.05, 4.69) is 27.8 Å². The molecule has 0 saturated heterocycles. The second-order valence-corrected chi connectivity index (χ2v) is 9.30. The number of aliphatic imine (C=N–C) groups is 1. The predicted octanol–water partition coefficient (Wildman–Crippen LogP) is 5.91. The van der Waals surface area contributed by atoms with Gasteiger partial charge in [-0.1, -0.05) is 39.0 Å². The first-order valence-corrected chi connectivity index (χ1v) is 12.3. The van der Waals surface area contributed by atoms with Gasteiger partial charge in [-0.3, -0.25) is 9.56 Å². The first-order valence-electron chi connectivity index (χ1n) is 11.5. The standard InChI is InChI=1S/C25H32N4O2S/c1-5-6-7-8-9-10-11-19-15-20-24(18-12-13-21(30-3)22(14-18)31-4)26-16-23-28-27-17(2)29(23)25(20)32-19/h12-15H,5-11,16H2,1-4H3. The number of methoxy groups -OCH3 is 2. The molecule has 1 aliphatic rings. The monoisotopic (exact) mass is 452 g/mol. The molecule has 6 nitrogen and oxygen atoms in total. The number of rotatable bonds is 10. The highest BCUT2D eigenvalue weighted by Crippen LogP contribution is 2.36. The van der Waals surface area contributed by atoms with Crippen molar-refractivity contribution in [3.8, 4) is 16.5 Å². The highest BCUT2D eigenvalue weighted by molar-refractivity contribution is 7.15. The SMILES string of the molecule is CCCCCCCCc1cc2c(s1)-n1c(C)nnc1CN=C2c1ccc(OC)c(OC)c1. The molecule has 0 aliphatic carbocycles. The molecule has 32 heavy (non-hydrogen) atoms. The van der Waals surface area contributed by atoms with E-state index in [4.69, 9.17) is 14.5 Å². The van der Waals surface area contributed by atoms with Gasteiger partial charge in [0, 0.05) is 16.0 Å². The van der Waals surface area contributed by atoms with Crippen molar-refractivity contribution in [2.45, 2.75) is 65.3 Å². The molecule has 0 spiro atoms. The Hall–Kier alpha value is -2.67. The Morgan fingerprint density at radius 3 is 2.53 bits per heavy atom. The van der Waals surface area contributed by atoms with Crippen LogP contribution in [0.25, 0.3) is 5.00 Å². The fourth-order valence-corrected chi connectivity index (χ4v) is 5.47. The Labute approximate surface area is 194 Å². The minimum atomic E-state index is 0.499. The molecule has 2 aromatic heterocycles. The van der Waals surface area contributed by atoms with Crippen LogP contribution in [0.15, 0.2) is 29.3 Å². The number of thiophene rings is 1. The third-order valence-corrected chi connectivity index (χ3v) is 7.11. The van der Waals surface area contributed by atoms with E-state index in [1.54, 1.807) is 14.2 Å². The van der Waals surface area contributed by atoms with Crippen molar-refractivity contribution in [3.05, 3.63) is 51.9 Å². The van der Waals surface area contributed by atoms with Crippen molar-refractivity contribution in [3.63, 3.8) is 0 Å². The van der Waals surface area contributed by atoms with Crippen LogP contribution in [0.3, 0.4) is 0 Å². The Morgan fingerprint density at radius 1 is 0.969 bits per heavy atom. The van der Waals surface area contributed by atoms with Crippen LogP contribution in [-0.4, -0.2) is 34.7 Å². The zero-order chi connectivity index (χ0) is 22.5. The van der Waals surface area contributed by atoms with Gasteiger partial charge in [0.25, 0.3) is 0 Å². The number of benzene rings is 1. The van der Waals surface area contributed by atoms with Gasteiger partial charge in [0.15, 0.2) is 17.3 Å². The van der Waals surface area contributed by atoms with E-state index in [-0.39, 0.29) is 0 Å². The summed E-state index contributed by atoms with van der Waals surface area (Å²) in [6.07, 6.45) is 8.91. The fourth-order valence-electron chi connectivity index (χ4n) is 4.21. The second-order valence-electron chi connectivity index (χ2n) is 8.18. The summed E-state index contributed by atoms with van der Waals surface area (Å²) in [5.41, 5.74) is 3.13. The first kappa shape index (κ1) is 22.5. The molecule has 0 N–H and O–H groups in total. The molecule has 0 amide bonds. The summed E-state index contributed by atoms with van der Waals surface area (Å²) >= 11 is 1.84. The van der Waals surface area contributed by atoms with Crippen LogP contribution in [0.4, 0.5) is 0 Å². The minimum Gasteiger partial charge on any atom is -0.493 e. The van der Waals surface area contributed by atoms with Crippen molar-refractivity contribution < 1.29 is 9.47 Å². The smallest absolute Gasteiger partial charge is 0.161 e. The number of hydrogen-bond acceptors (Lipinski definition) is 6. The molecule has 1 aliphatic heterocycles. The fraction of sp³-hybridized carbons (Fsp3) is 0.480. The van der Waals surface area contributed by atoms with E-state index in [0.717, 1.165) is 39.9 Å². The number of nitrogens with zero attached hydrogens (tertiary/aromatic N) is 4. The Kier molecular flexibility index (Phi) is 7.25. The third kappa shape index (κ3) is 4.58. The Bertz CT molecular complexity index is 1100. The van der Waals surface area contributed by atoms with Crippen LogP contribution in [0.5, 0.6) is 11.5 Å². The van der Waals surface area contributed by atoms with Crippen molar-refractivity contribution >= 4 is 17.0 Å². The number of ether oxygens (including phenoxy) is 2. The number of fused-ring (bicyclic) bond motifs is 3. The summed E-state index contributed by atoms with van der Waals surface area (Å²) < 4.78 is 13.1. The normalized spacial score (nSPS) is 12.7. The van der Waals surface area contributed by atoms with Gasteiger partial charge in [-0.2, -0.15) is 0 Å². The van der Waals surface area contributed by atoms with Gasteiger partial charge >= 0.3 is 0 Å². The second kappa shape index (κ2) is 10.3.